The van der Waals surface area contributed by atoms with Crippen LogP contribution in [0.3, 0.4) is 0 Å². The van der Waals surface area contributed by atoms with E-state index in [0.717, 1.165) is 66.0 Å². The number of aryl methyl sites for hydroxylation is 3. The highest BCUT2D eigenvalue weighted by atomic mass is 16.5. The van der Waals surface area contributed by atoms with Gasteiger partial charge in [0.15, 0.2) is 0 Å². The summed E-state index contributed by atoms with van der Waals surface area (Å²) in [4.78, 5) is 29.3. The fourth-order valence-electron chi connectivity index (χ4n) is 4.66. The first-order chi connectivity index (χ1) is 18.5. The number of nitrogens with zero attached hydrogens (tertiary/aromatic N) is 3. The third-order valence-electron chi connectivity index (χ3n) is 6.77. The molecule has 0 aliphatic carbocycles. The molecule has 0 spiro atoms. The van der Waals surface area contributed by atoms with Gasteiger partial charge in [-0.1, -0.05) is 18.2 Å². The minimum absolute atomic E-state index is 0.161. The number of fused-ring (bicyclic) bond motifs is 2. The molecule has 1 amide bonds. The minimum atomic E-state index is -1.09. The zero-order valence-electron chi connectivity index (χ0n) is 21.3. The molecule has 1 aliphatic heterocycles. The van der Waals surface area contributed by atoms with Crippen molar-refractivity contribution in [3.05, 3.63) is 83.2 Å². The van der Waals surface area contributed by atoms with Gasteiger partial charge in [-0.2, -0.15) is 5.10 Å². The van der Waals surface area contributed by atoms with Crippen molar-refractivity contribution >= 4 is 28.6 Å². The van der Waals surface area contributed by atoms with E-state index < -0.39 is 17.9 Å². The number of ether oxygens (including phenoxy) is 1. The number of rotatable bonds is 10. The number of pyridine rings is 1. The first-order valence-electron chi connectivity index (χ1n) is 12.9. The molecule has 2 aromatic heterocycles. The fraction of sp³-hybridized carbons (Fsp3) is 0.310. The maximum absolute atomic E-state index is 12.7. The van der Waals surface area contributed by atoms with Gasteiger partial charge in [0.2, 0.25) is 0 Å². The Morgan fingerprint density at radius 3 is 2.82 bits per heavy atom. The lowest BCUT2D eigenvalue weighted by Crippen LogP contribution is -2.42. The second-order valence-corrected chi connectivity index (χ2v) is 9.55. The summed E-state index contributed by atoms with van der Waals surface area (Å²) in [6.45, 7) is 1.53. The summed E-state index contributed by atoms with van der Waals surface area (Å²) in [6, 6.07) is 15.7. The Hall–Kier alpha value is -4.40. The van der Waals surface area contributed by atoms with Crippen LogP contribution in [0.2, 0.25) is 0 Å². The van der Waals surface area contributed by atoms with Gasteiger partial charge in [0, 0.05) is 36.7 Å². The van der Waals surface area contributed by atoms with E-state index in [9.17, 15) is 14.7 Å². The van der Waals surface area contributed by atoms with Crippen molar-refractivity contribution in [2.75, 3.05) is 18.5 Å². The monoisotopic (exact) mass is 513 g/mol. The Morgan fingerprint density at radius 1 is 1.16 bits per heavy atom. The van der Waals surface area contributed by atoms with Gasteiger partial charge in [-0.3, -0.25) is 9.48 Å². The third-order valence-corrected chi connectivity index (χ3v) is 6.77. The summed E-state index contributed by atoms with van der Waals surface area (Å²) < 4.78 is 7.59. The Morgan fingerprint density at radius 2 is 2.00 bits per heavy atom. The van der Waals surface area contributed by atoms with Gasteiger partial charge < -0.3 is 20.5 Å². The van der Waals surface area contributed by atoms with E-state index >= 15 is 0 Å². The Balaban J connectivity index is 1.11. The summed E-state index contributed by atoms with van der Waals surface area (Å²) in [5, 5.41) is 20.7. The predicted molar refractivity (Wildman–Crippen MR) is 145 cm³/mol. The predicted octanol–water partition coefficient (Wildman–Crippen LogP) is 3.76. The SMILES string of the molecule is Cn1ncc2cc(C(=O)NC(Cc3ccc(OCCCc4ccc5c(n4)NCCC5)cc3)C(=O)O)ccc21. The minimum Gasteiger partial charge on any atom is -0.494 e. The van der Waals surface area contributed by atoms with Gasteiger partial charge in [0.1, 0.15) is 17.6 Å². The normalized spacial score (nSPS) is 13.4. The molecule has 3 heterocycles. The van der Waals surface area contributed by atoms with Crippen molar-refractivity contribution in [1.29, 1.82) is 0 Å². The highest BCUT2D eigenvalue weighted by Crippen LogP contribution is 2.21. The number of amides is 1. The van der Waals surface area contributed by atoms with Crippen LogP contribution in [0, 0.1) is 0 Å². The van der Waals surface area contributed by atoms with Crippen molar-refractivity contribution in [3.8, 4) is 5.75 Å². The number of hydrogen-bond acceptors (Lipinski definition) is 6. The lowest BCUT2D eigenvalue weighted by molar-refractivity contribution is -0.139. The van der Waals surface area contributed by atoms with Gasteiger partial charge in [0.25, 0.3) is 5.91 Å². The Kier molecular flexibility index (Phi) is 7.53. The van der Waals surface area contributed by atoms with Gasteiger partial charge >= 0.3 is 5.97 Å². The summed E-state index contributed by atoms with van der Waals surface area (Å²) in [7, 11) is 1.82. The molecule has 1 aliphatic rings. The fourth-order valence-corrected chi connectivity index (χ4v) is 4.66. The average Bonchev–Trinajstić information content (AvgIpc) is 3.31. The van der Waals surface area contributed by atoms with E-state index in [1.54, 1.807) is 29.1 Å². The van der Waals surface area contributed by atoms with Gasteiger partial charge in [-0.25, -0.2) is 9.78 Å². The van der Waals surface area contributed by atoms with Crippen LogP contribution in [0.1, 0.15) is 40.0 Å². The Bertz CT molecular complexity index is 1450. The van der Waals surface area contributed by atoms with Crippen LogP contribution >= 0.6 is 0 Å². The van der Waals surface area contributed by atoms with Crippen molar-refractivity contribution < 1.29 is 19.4 Å². The molecule has 1 unspecified atom stereocenters. The molecule has 5 rings (SSSR count). The van der Waals surface area contributed by atoms with Crippen molar-refractivity contribution in [1.82, 2.24) is 20.1 Å². The maximum Gasteiger partial charge on any atom is 0.326 e. The molecule has 3 N–H and O–H groups in total. The number of carboxylic acid groups (broad SMARTS) is 1. The van der Waals surface area contributed by atoms with Crippen molar-refractivity contribution in [3.63, 3.8) is 0 Å². The topological polar surface area (TPSA) is 118 Å². The van der Waals surface area contributed by atoms with Crippen LogP contribution in [0.5, 0.6) is 5.75 Å². The number of hydrogen-bond donors (Lipinski definition) is 3. The van der Waals surface area contributed by atoms with Gasteiger partial charge in [-0.05, 0) is 73.2 Å². The van der Waals surface area contributed by atoms with E-state index in [2.05, 4.69) is 27.9 Å². The molecule has 9 heteroatoms. The summed E-state index contributed by atoms with van der Waals surface area (Å²) in [5.41, 5.74) is 4.42. The molecule has 2 aromatic carbocycles. The molecular weight excluding hydrogens is 482 g/mol. The van der Waals surface area contributed by atoms with Crippen LogP contribution < -0.4 is 15.4 Å². The van der Waals surface area contributed by atoms with Crippen LogP contribution in [0.15, 0.2) is 60.8 Å². The Labute approximate surface area is 220 Å². The molecule has 0 bridgehead atoms. The number of aromatic nitrogens is 3. The van der Waals surface area contributed by atoms with E-state index in [0.29, 0.717) is 12.2 Å². The van der Waals surface area contributed by atoms with Gasteiger partial charge in [-0.15, -0.1) is 0 Å². The standard InChI is InChI=1S/C29H31N5O4/c1-34-26-13-9-21(17-22(26)18-31-34)28(35)33-25(29(36)37)16-19-6-11-24(12-7-19)38-15-3-5-23-10-8-20-4-2-14-30-27(20)32-23/h6-13,17-18,25H,2-5,14-16H2,1H3,(H,30,32)(H,33,35)(H,36,37). The number of carbonyl (C=O) groups excluding carboxylic acids is 1. The first-order valence-corrected chi connectivity index (χ1v) is 12.9. The maximum atomic E-state index is 12.7. The first kappa shape index (κ1) is 25.3. The second kappa shape index (κ2) is 11.3. The van der Waals surface area contributed by atoms with E-state index in [1.165, 1.54) is 5.56 Å². The van der Waals surface area contributed by atoms with Crippen LogP contribution in [-0.4, -0.2) is 50.9 Å². The molecule has 9 nitrogen and oxygen atoms in total. The van der Waals surface area contributed by atoms with E-state index in [-0.39, 0.29) is 6.42 Å². The van der Waals surface area contributed by atoms with Crippen LogP contribution in [0.25, 0.3) is 10.9 Å². The quantitative estimate of drug-likeness (QED) is 0.276. The lowest BCUT2D eigenvalue weighted by atomic mass is 10.0. The zero-order valence-corrected chi connectivity index (χ0v) is 21.3. The second-order valence-electron chi connectivity index (χ2n) is 9.55. The molecule has 1 atom stereocenters. The number of carboxylic acids is 1. The van der Waals surface area contributed by atoms with Crippen molar-refractivity contribution in [2.24, 2.45) is 7.05 Å². The molecule has 38 heavy (non-hydrogen) atoms. The number of benzene rings is 2. The van der Waals surface area contributed by atoms with Crippen LogP contribution in [-0.2, 0) is 31.1 Å². The number of nitrogens with one attached hydrogen (secondary N) is 2. The zero-order chi connectivity index (χ0) is 26.5. The third kappa shape index (κ3) is 5.94. The highest BCUT2D eigenvalue weighted by molar-refractivity contribution is 5.99. The largest absolute Gasteiger partial charge is 0.494 e. The van der Waals surface area contributed by atoms with E-state index in [1.807, 2.05) is 31.3 Å². The summed E-state index contributed by atoms with van der Waals surface area (Å²) in [5.74, 6) is 0.199. The number of anilines is 1. The van der Waals surface area contributed by atoms with Crippen LogP contribution in [0.4, 0.5) is 5.82 Å². The molecule has 0 radical (unpaired) electrons. The van der Waals surface area contributed by atoms with Crippen molar-refractivity contribution in [2.45, 2.75) is 38.1 Å². The molecular formula is C29H31N5O4. The summed E-state index contributed by atoms with van der Waals surface area (Å²) >= 11 is 0. The number of carbonyl (C=O) groups is 2. The molecule has 0 fully saturated rings. The van der Waals surface area contributed by atoms with E-state index in [4.69, 9.17) is 9.72 Å². The van der Waals surface area contributed by atoms with Gasteiger partial charge in [0.05, 0.1) is 18.3 Å². The number of aliphatic carboxylic acids is 1. The smallest absolute Gasteiger partial charge is 0.326 e. The highest BCUT2D eigenvalue weighted by Gasteiger charge is 2.21. The molecule has 196 valence electrons. The molecule has 0 saturated heterocycles. The average molecular weight is 514 g/mol. The lowest BCUT2D eigenvalue weighted by Gasteiger charge is -2.17. The summed E-state index contributed by atoms with van der Waals surface area (Å²) in [6.07, 6.45) is 5.74. The molecule has 4 aromatic rings. The molecule has 0 saturated carbocycles.